The molecule has 0 radical (unpaired) electrons. The Labute approximate surface area is 132 Å². The Hall–Kier alpha value is -1.46. The molecule has 22 heavy (non-hydrogen) atoms. The number of sulfone groups is 1. The fourth-order valence-electron chi connectivity index (χ4n) is 3.39. The van der Waals surface area contributed by atoms with Gasteiger partial charge in [0.2, 0.25) is 0 Å². The summed E-state index contributed by atoms with van der Waals surface area (Å²) in [5.74, 6) is 0.567. The number of fused-ring (bicyclic) bond motifs is 1. The average Bonchev–Trinajstić information content (AvgIpc) is 2.46. The molecule has 0 spiro atoms. The molecule has 0 aliphatic carbocycles. The number of para-hydroxylation sites is 1. The summed E-state index contributed by atoms with van der Waals surface area (Å²) in [5, 5.41) is 1.19. The highest BCUT2D eigenvalue weighted by atomic mass is 32.2. The third-order valence-corrected chi connectivity index (χ3v) is 5.35. The van der Waals surface area contributed by atoms with E-state index in [0.29, 0.717) is 5.75 Å². The first-order valence-electron chi connectivity index (χ1n) is 7.74. The van der Waals surface area contributed by atoms with Gasteiger partial charge in [-0.1, -0.05) is 18.2 Å². The standard InChI is InChI=1S/C17H22N2O2S/c1-22(20,21)13-14-5-4-10-19(11-14)12-15-8-9-18-17-7-3-2-6-16(15)17/h2-3,6-9,14H,4-5,10-13H2,1H3/t14-/m1/s1. The number of likely N-dealkylation sites (tertiary alicyclic amines) is 1. The fourth-order valence-corrected chi connectivity index (χ4v) is 4.52. The van der Waals surface area contributed by atoms with Crippen molar-refractivity contribution in [2.75, 3.05) is 25.1 Å². The van der Waals surface area contributed by atoms with Crippen LogP contribution in [0.3, 0.4) is 0 Å². The summed E-state index contributed by atoms with van der Waals surface area (Å²) in [7, 11) is -2.89. The average molecular weight is 318 g/mol. The van der Waals surface area contributed by atoms with E-state index in [9.17, 15) is 8.42 Å². The predicted octanol–water partition coefficient (Wildman–Crippen LogP) is 2.49. The number of rotatable bonds is 4. The summed E-state index contributed by atoms with van der Waals surface area (Å²) < 4.78 is 23.0. The maximum atomic E-state index is 11.5. The zero-order valence-corrected chi connectivity index (χ0v) is 13.7. The van der Waals surface area contributed by atoms with E-state index >= 15 is 0 Å². The van der Waals surface area contributed by atoms with E-state index in [-0.39, 0.29) is 5.92 Å². The number of nitrogens with zero attached hydrogens (tertiary/aromatic N) is 2. The van der Waals surface area contributed by atoms with Crippen LogP contribution in [0.2, 0.25) is 0 Å². The molecule has 4 nitrogen and oxygen atoms in total. The van der Waals surface area contributed by atoms with Crippen LogP contribution in [0.5, 0.6) is 0 Å². The summed E-state index contributed by atoms with van der Waals surface area (Å²) in [4.78, 5) is 6.78. The lowest BCUT2D eigenvalue weighted by molar-refractivity contribution is 0.178. The number of hydrogen-bond donors (Lipinski definition) is 0. The van der Waals surface area contributed by atoms with Crippen LogP contribution in [0.15, 0.2) is 36.5 Å². The molecule has 1 fully saturated rings. The van der Waals surface area contributed by atoms with Crippen LogP contribution in [0.1, 0.15) is 18.4 Å². The highest BCUT2D eigenvalue weighted by Gasteiger charge is 2.23. The van der Waals surface area contributed by atoms with Crippen molar-refractivity contribution in [3.8, 4) is 0 Å². The Kier molecular flexibility index (Phi) is 4.45. The van der Waals surface area contributed by atoms with Crippen molar-refractivity contribution in [3.63, 3.8) is 0 Å². The summed E-state index contributed by atoms with van der Waals surface area (Å²) in [6.45, 7) is 2.77. The second-order valence-corrected chi connectivity index (χ2v) is 8.51. The van der Waals surface area contributed by atoms with E-state index in [1.807, 2.05) is 24.4 Å². The summed E-state index contributed by atoms with van der Waals surface area (Å²) in [6.07, 6.45) is 5.28. The fraction of sp³-hybridized carbons (Fsp3) is 0.471. The first kappa shape index (κ1) is 15.4. The minimum atomic E-state index is -2.89. The summed E-state index contributed by atoms with van der Waals surface area (Å²) >= 11 is 0. The van der Waals surface area contributed by atoms with Gasteiger partial charge in [0, 0.05) is 30.9 Å². The quantitative estimate of drug-likeness (QED) is 0.869. The van der Waals surface area contributed by atoms with E-state index in [4.69, 9.17) is 0 Å². The molecule has 0 saturated carbocycles. The zero-order chi connectivity index (χ0) is 15.6. The van der Waals surface area contributed by atoms with Crippen LogP contribution in [0.25, 0.3) is 10.9 Å². The molecule has 1 atom stereocenters. The van der Waals surface area contributed by atoms with Gasteiger partial charge >= 0.3 is 0 Å². The van der Waals surface area contributed by atoms with E-state index < -0.39 is 9.84 Å². The minimum Gasteiger partial charge on any atom is -0.299 e. The maximum absolute atomic E-state index is 11.5. The van der Waals surface area contributed by atoms with Crippen molar-refractivity contribution in [2.24, 2.45) is 5.92 Å². The van der Waals surface area contributed by atoms with Gasteiger partial charge in [0.25, 0.3) is 0 Å². The normalized spacial score (nSPS) is 20.3. The number of benzene rings is 1. The van der Waals surface area contributed by atoms with Gasteiger partial charge < -0.3 is 0 Å². The van der Waals surface area contributed by atoms with Crippen molar-refractivity contribution < 1.29 is 8.42 Å². The third kappa shape index (κ3) is 3.84. The van der Waals surface area contributed by atoms with Gasteiger partial charge in [-0.2, -0.15) is 0 Å². The molecule has 1 aromatic heterocycles. The molecule has 2 heterocycles. The van der Waals surface area contributed by atoms with Gasteiger partial charge in [0.1, 0.15) is 9.84 Å². The predicted molar refractivity (Wildman–Crippen MR) is 89.5 cm³/mol. The highest BCUT2D eigenvalue weighted by molar-refractivity contribution is 7.90. The molecule has 0 amide bonds. The number of hydrogen-bond acceptors (Lipinski definition) is 4. The van der Waals surface area contributed by atoms with Crippen molar-refractivity contribution >= 4 is 20.7 Å². The van der Waals surface area contributed by atoms with Crippen molar-refractivity contribution in [2.45, 2.75) is 19.4 Å². The van der Waals surface area contributed by atoms with Crippen LogP contribution in [-0.2, 0) is 16.4 Å². The highest BCUT2D eigenvalue weighted by Crippen LogP contribution is 2.23. The Bertz CT molecular complexity index is 753. The van der Waals surface area contributed by atoms with E-state index in [0.717, 1.165) is 38.0 Å². The molecule has 2 aromatic rings. The van der Waals surface area contributed by atoms with Crippen LogP contribution in [0, 0.1) is 5.92 Å². The number of pyridine rings is 1. The number of piperidine rings is 1. The Morgan fingerprint density at radius 1 is 1.27 bits per heavy atom. The topological polar surface area (TPSA) is 50.3 Å². The third-order valence-electron chi connectivity index (χ3n) is 4.27. The SMILES string of the molecule is CS(=O)(=O)C[C@@H]1CCCN(Cc2ccnc3ccccc23)C1. The lowest BCUT2D eigenvalue weighted by atomic mass is 9.99. The van der Waals surface area contributed by atoms with E-state index in [1.165, 1.54) is 17.2 Å². The molecule has 0 N–H and O–H groups in total. The van der Waals surface area contributed by atoms with Crippen LogP contribution < -0.4 is 0 Å². The van der Waals surface area contributed by atoms with Gasteiger partial charge in [0.15, 0.2) is 0 Å². The summed E-state index contributed by atoms with van der Waals surface area (Å²) in [5.41, 5.74) is 2.29. The van der Waals surface area contributed by atoms with Gasteiger partial charge in [-0.3, -0.25) is 9.88 Å². The van der Waals surface area contributed by atoms with Crippen molar-refractivity contribution in [1.82, 2.24) is 9.88 Å². The Morgan fingerprint density at radius 3 is 2.91 bits per heavy atom. The molecule has 0 unspecified atom stereocenters. The minimum absolute atomic E-state index is 0.261. The molecule has 1 aliphatic rings. The molecular weight excluding hydrogens is 296 g/mol. The maximum Gasteiger partial charge on any atom is 0.147 e. The molecule has 118 valence electrons. The van der Waals surface area contributed by atoms with Crippen molar-refractivity contribution in [1.29, 1.82) is 0 Å². The van der Waals surface area contributed by atoms with Crippen molar-refractivity contribution in [3.05, 3.63) is 42.1 Å². The molecule has 3 rings (SSSR count). The lowest BCUT2D eigenvalue weighted by Gasteiger charge is -2.32. The molecule has 0 bridgehead atoms. The second kappa shape index (κ2) is 6.34. The zero-order valence-electron chi connectivity index (χ0n) is 12.9. The van der Waals surface area contributed by atoms with Crippen LogP contribution in [0.4, 0.5) is 0 Å². The van der Waals surface area contributed by atoms with Crippen LogP contribution >= 0.6 is 0 Å². The van der Waals surface area contributed by atoms with Crippen LogP contribution in [-0.4, -0.2) is 43.4 Å². The van der Waals surface area contributed by atoms with Gasteiger partial charge in [-0.25, -0.2) is 8.42 Å². The first-order chi connectivity index (χ1) is 10.5. The van der Waals surface area contributed by atoms with E-state index in [2.05, 4.69) is 22.0 Å². The Morgan fingerprint density at radius 2 is 2.09 bits per heavy atom. The molecule has 5 heteroatoms. The summed E-state index contributed by atoms with van der Waals surface area (Å²) in [6, 6.07) is 10.2. The largest absolute Gasteiger partial charge is 0.299 e. The Balaban J connectivity index is 1.74. The van der Waals surface area contributed by atoms with Gasteiger partial charge in [-0.15, -0.1) is 0 Å². The lowest BCUT2D eigenvalue weighted by Crippen LogP contribution is -2.37. The number of aromatic nitrogens is 1. The molecular formula is C17H22N2O2S. The molecule has 1 aliphatic heterocycles. The smallest absolute Gasteiger partial charge is 0.147 e. The van der Waals surface area contributed by atoms with Gasteiger partial charge in [-0.05, 0) is 43.0 Å². The monoisotopic (exact) mass is 318 g/mol. The van der Waals surface area contributed by atoms with E-state index in [1.54, 1.807) is 0 Å². The molecule has 1 aromatic carbocycles. The second-order valence-electron chi connectivity index (χ2n) is 6.32. The first-order valence-corrected chi connectivity index (χ1v) is 9.80. The van der Waals surface area contributed by atoms with Gasteiger partial charge in [0.05, 0.1) is 11.3 Å². The molecule has 1 saturated heterocycles.